The van der Waals surface area contributed by atoms with Gasteiger partial charge in [0.2, 0.25) is 15.9 Å². The largest absolute Gasteiger partial charge is 0.350 e. The van der Waals surface area contributed by atoms with Crippen molar-refractivity contribution < 1.29 is 13.2 Å². The van der Waals surface area contributed by atoms with Crippen molar-refractivity contribution in [2.75, 3.05) is 6.26 Å². The third kappa shape index (κ3) is 7.49. The molecule has 0 spiro atoms. The zero-order valence-electron chi connectivity index (χ0n) is 17.7. The molecule has 2 rings (SSSR count). The fourth-order valence-electron chi connectivity index (χ4n) is 2.84. The van der Waals surface area contributed by atoms with Gasteiger partial charge in [0.25, 0.3) is 0 Å². The summed E-state index contributed by atoms with van der Waals surface area (Å²) in [4.78, 5) is 13.7. The van der Waals surface area contributed by atoms with Crippen molar-refractivity contribution in [2.24, 2.45) is 0 Å². The second-order valence-corrected chi connectivity index (χ2v) is 10.6. The predicted octanol–water partition coefficient (Wildman–Crippen LogP) is 4.30. The summed E-state index contributed by atoms with van der Waals surface area (Å²) in [5.74, 6) is -0.0301. The van der Waals surface area contributed by atoms with Crippen LogP contribution in [0.5, 0.6) is 0 Å². The maximum Gasteiger partial charge on any atom is 0.241 e. The molecule has 1 atom stereocenters. The number of benzene rings is 2. The number of hydrogen-bond donors (Lipinski definition) is 2. The Morgan fingerprint density at radius 3 is 2.14 bits per heavy atom. The Bertz CT molecular complexity index is 916. The highest BCUT2D eigenvalue weighted by atomic mass is 32.2. The molecule has 0 aromatic heterocycles. The first-order chi connectivity index (χ1) is 13.5. The Hall–Kier alpha value is -1.83. The molecule has 1 amide bonds. The molecular formula is C22H30N2O3S2. The third-order valence-electron chi connectivity index (χ3n) is 4.31. The lowest BCUT2D eigenvalue weighted by Crippen LogP contribution is -2.40. The number of aryl methyl sites for hydroxylation is 1. The van der Waals surface area contributed by atoms with Gasteiger partial charge < -0.3 is 5.32 Å². The molecule has 0 heterocycles. The van der Waals surface area contributed by atoms with Crippen molar-refractivity contribution in [3.8, 4) is 0 Å². The molecule has 2 N–H and O–H groups in total. The van der Waals surface area contributed by atoms with Gasteiger partial charge in [-0.1, -0.05) is 24.3 Å². The van der Waals surface area contributed by atoms with E-state index in [1.54, 1.807) is 56.8 Å². The van der Waals surface area contributed by atoms with Crippen molar-refractivity contribution in [2.45, 2.75) is 61.9 Å². The van der Waals surface area contributed by atoms with E-state index < -0.39 is 15.6 Å². The van der Waals surface area contributed by atoms with Gasteiger partial charge in [0.1, 0.15) is 0 Å². The summed E-state index contributed by atoms with van der Waals surface area (Å²) in [7, 11) is -3.55. The quantitative estimate of drug-likeness (QED) is 0.608. The van der Waals surface area contributed by atoms with Gasteiger partial charge in [-0.15, -0.1) is 11.8 Å². The molecule has 0 bridgehead atoms. The van der Waals surface area contributed by atoms with E-state index in [0.717, 1.165) is 11.1 Å². The van der Waals surface area contributed by atoms with Gasteiger partial charge in [0.15, 0.2) is 0 Å². The van der Waals surface area contributed by atoms with Crippen LogP contribution in [0.25, 0.3) is 0 Å². The van der Waals surface area contributed by atoms with Crippen LogP contribution in [0.1, 0.15) is 51.3 Å². The maximum atomic E-state index is 12.3. The molecule has 0 unspecified atom stereocenters. The van der Waals surface area contributed by atoms with Crippen LogP contribution in [0.2, 0.25) is 0 Å². The number of nitrogens with one attached hydrogen (secondary N) is 2. The molecule has 158 valence electrons. The molecule has 29 heavy (non-hydrogen) atoms. The molecule has 0 fully saturated rings. The molecule has 0 aliphatic heterocycles. The van der Waals surface area contributed by atoms with Crippen molar-refractivity contribution in [1.29, 1.82) is 0 Å². The summed E-state index contributed by atoms with van der Waals surface area (Å²) in [6.45, 7) is 7.37. The second kappa shape index (κ2) is 9.78. The van der Waals surface area contributed by atoms with Crippen LogP contribution in [0.15, 0.2) is 58.3 Å². The van der Waals surface area contributed by atoms with Crippen LogP contribution in [-0.4, -0.2) is 26.1 Å². The minimum Gasteiger partial charge on any atom is -0.350 e. The number of sulfonamides is 1. The topological polar surface area (TPSA) is 75.3 Å². The van der Waals surface area contributed by atoms with E-state index in [4.69, 9.17) is 0 Å². The molecule has 7 heteroatoms. The highest BCUT2D eigenvalue weighted by Crippen LogP contribution is 2.19. The summed E-state index contributed by atoms with van der Waals surface area (Å²) in [5.41, 5.74) is 1.45. The van der Waals surface area contributed by atoms with Crippen LogP contribution in [0.3, 0.4) is 0 Å². The van der Waals surface area contributed by atoms with Crippen LogP contribution in [-0.2, 0) is 21.2 Å². The number of thioether (sulfide) groups is 1. The van der Waals surface area contributed by atoms with E-state index in [0.29, 0.717) is 12.8 Å². The molecule has 0 radical (unpaired) electrons. The smallest absolute Gasteiger partial charge is 0.241 e. The lowest BCUT2D eigenvalue weighted by atomic mass is 10.1. The highest BCUT2D eigenvalue weighted by molar-refractivity contribution is 7.98. The van der Waals surface area contributed by atoms with Crippen LogP contribution >= 0.6 is 11.8 Å². The van der Waals surface area contributed by atoms with Gasteiger partial charge in [-0.25, -0.2) is 13.1 Å². The molecule has 2 aromatic carbocycles. The zero-order chi connectivity index (χ0) is 21.7. The molecule has 0 saturated carbocycles. The average molecular weight is 435 g/mol. The summed E-state index contributed by atoms with van der Waals surface area (Å²) >= 11 is 1.68. The normalized spacial score (nSPS) is 13.1. The van der Waals surface area contributed by atoms with E-state index in [2.05, 4.69) is 10.0 Å². The van der Waals surface area contributed by atoms with E-state index in [1.165, 1.54) is 4.90 Å². The van der Waals surface area contributed by atoms with Crippen LogP contribution in [0.4, 0.5) is 0 Å². The number of rotatable bonds is 8. The first-order valence-electron chi connectivity index (χ1n) is 9.56. The van der Waals surface area contributed by atoms with E-state index >= 15 is 0 Å². The minimum atomic E-state index is -3.55. The van der Waals surface area contributed by atoms with E-state index in [1.807, 2.05) is 37.4 Å². The summed E-state index contributed by atoms with van der Waals surface area (Å²) in [6, 6.07) is 14.8. The Morgan fingerprint density at radius 1 is 1.03 bits per heavy atom. The lowest BCUT2D eigenvalue weighted by Gasteiger charge is -2.20. The molecule has 0 saturated heterocycles. The standard InChI is InChI=1S/C22H30N2O3S2/c1-16(18-9-11-19(28-5)12-10-18)23-21(25)15-8-17-6-13-20(14-7-17)29(26,27)24-22(2,3)4/h6-7,9-14,16,24H,8,15H2,1-5H3,(H,23,25)/t16-/m0/s1. The number of amides is 1. The van der Waals surface area contributed by atoms with Gasteiger partial charge in [0.05, 0.1) is 10.9 Å². The monoisotopic (exact) mass is 434 g/mol. The number of carbonyl (C=O) groups is 1. The van der Waals surface area contributed by atoms with Crippen molar-refractivity contribution in [3.63, 3.8) is 0 Å². The van der Waals surface area contributed by atoms with E-state index in [-0.39, 0.29) is 16.8 Å². The molecule has 5 nitrogen and oxygen atoms in total. The van der Waals surface area contributed by atoms with Crippen LogP contribution < -0.4 is 10.0 Å². The Morgan fingerprint density at radius 2 is 1.62 bits per heavy atom. The molecule has 0 aliphatic carbocycles. The highest BCUT2D eigenvalue weighted by Gasteiger charge is 2.21. The zero-order valence-corrected chi connectivity index (χ0v) is 19.3. The summed E-state index contributed by atoms with van der Waals surface area (Å²) < 4.78 is 27.3. The average Bonchev–Trinajstić information content (AvgIpc) is 2.65. The molecular weight excluding hydrogens is 404 g/mol. The molecule has 2 aromatic rings. The van der Waals surface area contributed by atoms with Gasteiger partial charge in [-0.3, -0.25) is 4.79 Å². The van der Waals surface area contributed by atoms with Crippen molar-refractivity contribution >= 4 is 27.7 Å². The van der Waals surface area contributed by atoms with Gasteiger partial charge in [-0.05, 0) is 75.8 Å². The van der Waals surface area contributed by atoms with Gasteiger partial charge in [-0.2, -0.15) is 0 Å². The fourth-order valence-corrected chi connectivity index (χ4v) is 4.67. The maximum absolute atomic E-state index is 12.3. The van der Waals surface area contributed by atoms with Gasteiger partial charge in [0, 0.05) is 16.9 Å². The Kier molecular flexibility index (Phi) is 7.91. The third-order valence-corrected chi connectivity index (χ3v) is 6.83. The first-order valence-corrected chi connectivity index (χ1v) is 12.3. The first kappa shape index (κ1) is 23.4. The van der Waals surface area contributed by atoms with E-state index in [9.17, 15) is 13.2 Å². The number of hydrogen-bond acceptors (Lipinski definition) is 4. The lowest BCUT2D eigenvalue weighted by molar-refractivity contribution is -0.121. The fraction of sp³-hybridized carbons (Fsp3) is 0.409. The van der Waals surface area contributed by atoms with Crippen molar-refractivity contribution in [1.82, 2.24) is 10.0 Å². The predicted molar refractivity (Wildman–Crippen MR) is 120 cm³/mol. The SMILES string of the molecule is CSc1ccc([C@H](C)NC(=O)CCc2ccc(S(=O)(=O)NC(C)(C)C)cc2)cc1. The Balaban J connectivity index is 1.89. The van der Waals surface area contributed by atoms with Crippen LogP contribution in [0, 0.1) is 0 Å². The second-order valence-electron chi connectivity index (χ2n) is 8.06. The Labute approximate surface area is 178 Å². The number of carbonyl (C=O) groups excluding carboxylic acids is 1. The molecule has 0 aliphatic rings. The minimum absolute atomic E-state index is 0.0301. The van der Waals surface area contributed by atoms with Crippen molar-refractivity contribution in [3.05, 3.63) is 59.7 Å². The summed E-state index contributed by atoms with van der Waals surface area (Å²) in [6.07, 6.45) is 2.93. The van der Waals surface area contributed by atoms with Gasteiger partial charge >= 0.3 is 0 Å². The summed E-state index contributed by atoms with van der Waals surface area (Å²) in [5, 5.41) is 3.01.